The van der Waals surface area contributed by atoms with Gasteiger partial charge < -0.3 is 4.42 Å². The minimum atomic E-state index is -0.611. The van der Waals surface area contributed by atoms with Crippen molar-refractivity contribution in [2.24, 2.45) is 5.92 Å². The summed E-state index contributed by atoms with van der Waals surface area (Å²) in [6, 6.07) is 5.34. The molecule has 0 saturated heterocycles. The highest BCUT2D eigenvalue weighted by Crippen LogP contribution is 2.13. The van der Waals surface area contributed by atoms with Crippen molar-refractivity contribution < 1.29 is 9.21 Å². The number of rotatable bonds is 3. The fraction of sp³-hybridized carbons (Fsp3) is 0.400. The summed E-state index contributed by atoms with van der Waals surface area (Å²) >= 11 is 0. The number of furan rings is 1. The molecule has 1 rings (SSSR count). The lowest BCUT2D eigenvalue weighted by Gasteiger charge is -2.04. The molecule has 14 heavy (non-hydrogen) atoms. The topological polar surface area (TPSA) is 66.0 Å². The standard InChI is InChI=1S/C10H12N2O2/c1-3-8(6-11)10(13)12-9-5-4-7(2)14-9/h4-5,8H,3H2,1-2H3,(H,12,13). The molecule has 74 valence electrons. The Balaban J connectivity index is 2.62. The first-order valence-corrected chi connectivity index (χ1v) is 4.44. The molecule has 1 N–H and O–H groups in total. The van der Waals surface area contributed by atoms with Gasteiger partial charge in [-0.05, 0) is 19.4 Å². The number of carbonyl (C=O) groups excluding carboxylic acids is 1. The second-order valence-corrected chi connectivity index (χ2v) is 2.99. The molecule has 4 nitrogen and oxygen atoms in total. The van der Waals surface area contributed by atoms with Gasteiger partial charge in [-0.25, -0.2) is 0 Å². The summed E-state index contributed by atoms with van der Waals surface area (Å²) in [7, 11) is 0. The maximum absolute atomic E-state index is 11.4. The molecule has 0 radical (unpaired) electrons. The van der Waals surface area contributed by atoms with Gasteiger partial charge in [0.25, 0.3) is 0 Å². The molecular weight excluding hydrogens is 180 g/mol. The molecule has 1 atom stereocenters. The van der Waals surface area contributed by atoms with Gasteiger partial charge in [-0.15, -0.1) is 0 Å². The number of nitrogens with zero attached hydrogens (tertiary/aromatic N) is 1. The van der Waals surface area contributed by atoms with Gasteiger partial charge in [-0.2, -0.15) is 5.26 Å². The van der Waals surface area contributed by atoms with Crippen LogP contribution in [0.1, 0.15) is 19.1 Å². The summed E-state index contributed by atoms with van der Waals surface area (Å²) in [5.74, 6) is 0.191. The van der Waals surface area contributed by atoms with E-state index in [1.54, 1.807) is 26.0 Å². The summed E-state index contributed by atoms with van der Waals surface area (Å²) in [5.41, 5.74) is 0. The maximum atomic E-state index is 11.4. The molecule has 0 aromatic carbocycles. The van der Waals surface area contributed by atoms with Gasteiger partial charge in [0.15, 0.2) is 5.88 Å². The van der Waals surface area contributed by atoms with E-state index in [9.17, 15) is 4.79 Å². The number of anilines is 1. The second-order valence-electron chi connectivity index (χ2n) is 2.99. The van der Waals surface area contributed by atoms with E-state index in [0.717, 1.165) is 5.76 Å². The average Bonchev–Trinajstić information content (AvgIpc) is 2.53. The number of hydrogen-bond acceptors (Lipinski definition) is 3. The normalized spacial score (nSPS) is 11.8. The van der Waals surface area contributed by atoms with Crippen LogP contribution in [0, 0.1) is 24.2 Å². The van der Waals surface area contributed by atoms with E-state index in [4.69, 9.17) is 9.68 Å². The first-order valence-electron chi connectivity index (χ1n) is 4.44. The Morgan fingerprint density at radius 2 is 2.43 bits per heavy atom. The number of carbonyl (C=O) groups is 1. The second kappa shape index (κ2) is 4.47. The van der Waals surface area contributed by atoms with Crippen molar-refractivity contribution in [3.63, 3.8) is 0 Å². The highest BCUT2D eigenvalue weighted by atomic mass is 16.4. The molecule has 0 aliphatic heterocycles. The Morgan fingerprint density at radius 1 is 1.71 bits per heavy atom. The Labute approximate surface area is 82.5 Å². The van der Waals surface area contributed by atoms with Gasteiger partial charge in [-0.3, -0.25) is 10.1 Å². The molecule has 4 heteroatoms. The van der Waals surface area contributed by atoms with E-state index in [1.807, 2.05) is 6.07 Å². The number of nitrogens with one attached hydrogen (secondary N) is 1. The van der Waals surface area contributed by atoms with Crippen LogP contribution in [0.2, 0.25) is 0 Å². The van der Waals surface area contributed by atoms with E-state index in [-0.39, 0.29) is 5.91 Å². The molecule has 1 unspecified atom stereocenters. The molecule has 1 amide bonds. The van der Waals surface area contributed by atoms with Gasteiger partial charge >= 0.3 is 0 Å². The molecule has 0 spiro atoms. The van der Waals surface area contributed by atoms with E-state index >= 15 is 0 Å². The van der Waals surface area contributed by atoms with Gasteiger partial charge in [0.05, 0.1) is 6.07 Å². The van der Waals surface area contributed by atoms with Crippen molar-refractivity contribution in [3.05, 3.63) is 17.9 Å². The van der Waals surface area contributed by atoms with Crippen molar-refractivity contribution in [1.82, 2.24) is 0 Å². The Hall–Kier alpha value is -1.76. The summed E-state index contributed by atoms with van der Waals surface area (Å²) in [4.78, 5) is 11.4. The first-order chi connectivity index (χ1) is 6.67. The molecule has 0 aliphatic carbocycles. The van der Waals surface area contributed by atoms with E-state index in [1.165, 1.54) is 0 Å². The fourth-order valence-electron chi connectivity index (χ4n) is 1.05. The van der Waals surface area contributed by atoms with Gasteiger partial charge in [0, 0.05) is 6.07 Å². The third kappa shape index (κ3) is 2.36. The van der Waals surface area contributed by atoms with Gasteiger partial charge in [0.2, 0.25) is 5.91 Å². The van der Waals surface area contributed by atoms with Crippen LogP contribution in [0.25, 0.3) is 0 Å². The third-order valence-electron chi connectivity index (χ3n) is 1.87. The largest absolute Gasteiger partial charge is 0.446 e. The highest BCUT2D eigenvalue weighted by Gasteiger charge is 2.16. The van der Waals surface area contributed by atoms with Gasteiger partial charge in [-0.1, -0.05) is 6.92 Å². The molecule has 0 bridgehead atoms. The van der Waals surface area contributed by atoms with Crippen LogP contribution in [0.4, 0.5) is 5.88 Å². The average molecular weight is 192 g/mol. The summed E-state index contributed by atoms with van der Waals surface area (Å²) in [6.07, 6.45) is 0.502. The van der Waals surface area contributed by atoms with Crippen LogP contribution in [-0.4, -0.2) is 5.91 Å². The van der Waals surface area contributed by atoms with Crippen LogP contribution < -0.4 is 5.32 Å². The van der Waals surface area contributed by atoms with Crippen LogP contribution in [0.3, 0.4) is 0 Å². The number of hydrogen-bond donors (Lipinski definition) is 1. The first kappa shape index (κ1) is 10.3. The van der Waals surface area contributed by atoms with Crippen LogP contribution >= 0.6 is 0 Å². The lowest BCUT2D eigenvalue weighted by Crippen LogP contribution is -2.20. The maximum Gasteiger partial charge on any atom is 0.244 e. The summed E-state index contributed by atoms with van der Waals surface area (Å²) in [5, 5.41) is 11.2. The van der Waals surface area contributed by atoms with Crippen LogP contribution in [0.15, 0.2) is 16.5 Å². The third-order valence-corrected chi connectivity index (χ3v) is 1.87. The summed E-state index contributed by atoms with van der Waals surface area (Å²) in [6.45, 7) is 3.58. The number of amides is 1. The van der Waals surface area contributed by atoms with Crippen molar-refractivity contribution in [2.75, 3.05) is 5.32 Å². The Morgan fingerprint density at radius 3 is 2.86 bits per heavy atom. The smallest absolute Gasteiger partial charge is 0.244 e. The minimum Gasteiger partial charge on any atom is -0.446 e. The molecule has 0 fully saturated rings. The van der Waals surface area contributed by atoms with Crippen molar-refractivity contribution in [1.29, 1.82) is 5.26 Å². The monoisotopic (exact) mass is 192 g/mol. The molecule has 0 aliphatic rings. The fourth-order valence-corrected chi connectivity index (χ4v) is 1.05. The predicted octanol–water partition coefficient (Wildman–Crippen LogP) is 2.08. The van der Waals surface area contributed by atoms with Crippen molar-refractivity contribution in [3.8, 4) is 6.07 Å². The quantitative estimate of drug-likeness (QED) is 0.797. The lowest BCUT2D eigenvalue weighted by molar-refractivity contribution is -0.118. The molecule has 1 aromatic rings. The Kier molecular flexibility index (Phi) is 3.29. The minimum absolute atomic E-state index is 0.315. The Bertz CT molecular complexity index is 362. The van der Waals surface area contributed by atoms with Crippen molar-refractivity contribution >= 4 is 11.8 Å². The summed E-state index contributed by atoms with van der Waals surface area (Å²) < 4.78 is 5.15. The van der Waals surface area contributed by atoms with Crippen LogP contribution in [0.5, 0.6) is 0 Å². The molecular formula is C10H12N2O2. The van der Waals surface area contributed by atoms with E-state index in [2.05, 4.69) is 5.32 Å². The molecule has 1 aromatic heterocycles. The lowest BCUT2D eigenvalue weighted by atomic mass is 10.1. The number of aryl methyl sites for hydroxylation is 1. The van der Waals surface area contributed by atoms with E-state index in [0.29, 0.717) is 12.3 Å². The number of nitriles is 1. The highest BCUT2D eigenvalue weighted by molar-refractivity contribution is 5.92. The zero-order chi connectivity index (χ0) is 10.6. The van der Waals surface area contributed by atoms with E-state index < -0.39 is 5.92 Å². The van der Waals surface area contributed by atoms with Gasteiger partial charge in [0.1, 0.15) is 11.7 Å². The predicted molar refractivity (Wildman–Crippen MR) is 51.5 cm³/mol. The zero-order valence-electron chi connectivity index (χ0n) is 8.20. The molecule has 1 heterocycles. The zero-order valence-corrected chi connectivity index (χ0v) is 8.20. The van der Waals surface area contributed by atoms with Crippen molar-refractivity contribution in [2.45, 2.75) is 20.3 Å². The SMILES string of the molecule is CCC(C#N)C(=O)Nc1ccc(C)o1. The molecule has 0 saturated carbocycles. The van der Waals surface area contributed by atoms with Crippen LogP contribution in [-0.2, 0) is 4.79 Å².